The van der Waals surface area contributed by atoms with Gasteiger partial charge in [-0.15, -0.1) is 0 Å². The minimum Gasteiger partial charge on any atom is -0.461 e. The molecule has 0 N–H and O–H groups in total. The van der Waals surface area contributed by atoms with Gasteiger partial charge in [-0.3, -0.25) is 0 Å². The predicted octanol–water partition coefficient (Wildman–Crippen LogP) is 4.75. The zero-order valence-electron chi connectivity index (χ0n) is 13.8. The minimum atomic E-state index is -0.474. The zero-order chi connectivity index (χ0) is 16.9. The van der Waals surface area contributed by atoms with Crippen LogP contribution < -0.4 is 0 Å². The van der Waals surface area contributed by atoms with Crippen LogP contribution >= 0.6 is 0 Å². The molecule has 0 atom stereocenters. The third-order valence-electron chi connectivity index (χ3n) is 3.74. The van der Waals surface area contributed by atoms with Crippen LogP contribution in [0, 0.1) is 0 Å². The predicted molar refractivity (Wildman–Crippen MR) is 92.7 cm³/mol. The van der Waals surface area contributed by atoms with Gasteiger partial charge in [0, 0.05) is 11.1 Å². The number of hydrogen-bond acceptors (Lipinski definition) is 4. The number of aryl methyl sites for hydroxylation is 1. The van der Waals surface area contributed by atoms with Crippen LogP contribution in [0.15, 0.2) is 59.0 Å². The van der Waals surface area contributed by atoms with Gasteiger partial charge in [0.15, 0.2) is 11.5 Å². The van der Waals surface area contributed by atoms with Gasteiger partial charge in [0.2, 0.25) is 5.89 Å². The summed E-state index contributed by atoms with van der Waals surface area (Å²) in [5, 5.41) is 0. The lowest BCUT2D eigenvalue weighted by Crippen LogP contribution is -2.06. The average Bonchev–Trinajstić information content (AvgIpc) is 3.08. The smallest absolute Gasteiger partial charge is 0.361 e. The first-order chi connectivity index (χ1) is 11.7. The van der Waals surface area contributed by atoms with E-state index in [4.69, 9.17) is 9.15 Å². The normalized spacial score (nSPS) is 10.6. The van der Waals surface area contributed by atoms with Crippen molar-refractivity contribution in [3.05, 3.63) is 65.9 Å². The number of nitrogens with zero attached hydrogens (tertiary/aromatic N) is 1. The Morgan fingerprint density at radius 1 is 1.00 bits per heavy atom. The fourth-order valence-corrected chi connectivity index (χ4v) is 2.45. The van der Waals surface area contributed by atoms with Crippen LogP contribution in [-0.4, -0.2) is 17.6 Å². The molecule has 3 rings (SSSR count). The first-order valence-electron chi connectivity index (χ1n) is 8.05. The van der Waals surface area contributed by atoms with Crippen molar-refractivity contribution in [2.24, 2.45) is 0 Å². The van der Waals surface area contributed by atoms with Crippen molar-refractivity contribution in [1.29, 1.82) is 0 Å². The molecule has 0 aliphatic rings. The fraction of sp³-hybridized carbons (Fsp3) is 0.200. The molecule has 0 aliphatic carbocycles. The Balaban J connectivity index is 2.08. The van der Waals surface area contributed by atoms with Crippen LogP contribution in [0.1, 0.15) is 29.9 Å². The second-order valence-corrected chi connectivity index (χ2v) is 5.33. The second-order valence-electron chi connectivity index (χ2n) is 5.33. The molecule has 24 heavy (non-hydrogen) atoms. The molecule has 3 aromatic rings. The van der Waals surface area contributed by atoms with Gasteiger partial charge < -0.3 is 9.15 Å². The monoisotopic (exact) mass is 321 g/mol. The highest BCUT2D eigenvalue weighted by atomic mass is 16.5. The largest absolute Gasteiger partial charge is 0.461 e. The van der Waals surface area contributed by atoms with Crippen LogP contribution in [0.2, 0.25) is 0 Å². The van der Waals surface area contributed by atoms with E-state index in [2.05, 4.69) is 11.9 Å². The number of benzene rings is 2. The summed E-state index contributed by atoms with van der Waals surface area (Å²) in [6.45, 7) is 4.16. The topological polar surface area (TPSA) is 52.3 Å². The van der Waals surface area contributed by atoms with Gasteiger partial charge in [-0.25, -0.2) is 9.78 Å². The molecule has 0 radical (unpaired) electrons. The molecule has 0 spiro atoms. The summed E-state index contributed by atoms with van der Waals surface area (Å²) in [6, 6.07) is 17.4. The molecule has 4 nitrogen and oxygen atoms in total. The molecule has 4 heteroatoms. The molecule has 0 amide bonds. The molecular formula is C20H19NO3. The van der Waals surface area contributed by atoms with Gasteiger partial charge in [-0.1, -0.05) is 49.4 Å². The van der Waals surface area contributed by atoms with Crippen LogP contribution in [0.25, 0.3) is 22.8 Å². The van der Waals surface area contributed by atoms with Crippen LogP contribution in [0.3, 0.4) is 0 Å². The summed E-state index contributed by atoms with van der Waals surface area (Å²) in [5.74, 6) is 0.376. The van der Waals surface area contributed by atoms with Gasteiger partial charge in [0.25, 0.3) is 0 Å². The number of aromatic nitrogens is 1. The van der Waals surface area contributed by atoms with E-state index < -0.39 is 5.97 Å². The maximum atomic E-state index is 12.3. The number of rotatable bonds is 5. The Bertz CT molecular complexity index is 820. The highest BCUT2D eigenvalue weighted by molar-refractivity contribution is 5.94. The first-order valence-corrected chi connectivity index (χ1v) is 8.05. The lowest BCUT2D eigenvalue weighted by atomic mass is 10.1. The Labute approximate surface area is 141 Å². The summed E-state index contributed by atoms with van der Waals surface area (Å²) < 4.78 is 11.0. The van der Waals surface area contributed by atoms with Crippen molar-refractivity contribution in [2.45, 2.75) is 20.3 Å². The zero-order valence-corrected chi connectivity index (χ0v) is 13.8. The van der Waals surface area contributed by atoms with Crippen molar-refractivity contribution in [2.75, 3.05) is 6.61 Å². The second kappa shape index (κ2) is 7.13. The molecule has 0 bridgehead atoms. The maximum absolute atomic E-state index is 12.3. The number of ether oxygens (including phenoxy) is 1. The van der Waals surface area contributed by atoms with Crippen molar-refractivity contribution >= 4 is 5.97 Å². The van der Waals surface area contributed by atoms with E-state index in [1.165, 1.54) is 5.56 Å². The third kappa shape index (κ3) is 3.23. The molecule has 0 unspecified atom stereocenters. The number of carbonyl (C=O) groups excluding carboxylic acids is 1. The van der Waals surface area contributed by atoms with E-state index in [0.29, 0.717) is 18.3 Å². The molecule has 0 aliphatic heterocycles. The van der Waals surface area contributed by atoms with Crippen LogP contribution in [-0.2, 0) is 11.2 Å². The van der Waals surface area contributed by atoms with E-state index in [1.54, 1.807) is 6.92 Å². The van der Waals surface area contributed by atoms with Crippen molar-refractivity contribution in [1.82, 2.24) is 4.98 Å². The van der Waals surface area contributed by atoms with Gasteiger partial charge in [-0.2, -0.15) is 0 Å². The highest BCUT2D eigenvalue weighted by Gasteiger charge is 2.23. The molecule has 0 saturated carbocycles. The summed E-state index contributed by atoms with van der Waals surface area (Å²) in [4.78, 5) is 16.6. The van der Waals surface area contributed by atoms with E-state index in [1.807, 2.05) is 54.6 Å². The number of hydrogen-bond donors (Lipinski definition) is 0. The average molecular weight is 321 g/mol. The van der Waals surface area contributed by atoms with E-state index in [9.17, 15) is 4.79 Å². The van der Waals surface area contributed by atoms with E-state index in [0.717, 1.165) is 17.5 Å². The number of carbonyl (C=O) groups is 1. The lowest BCUT2D eigenvalue weighted by Gasteiger charge is -2.02. The Morgan fingerprint density at radius 3 is 2.33 bits per heavy atom. The standard InChI is InChI=1S/C20H19NO3/c1-3-14-10-12-15(13-11-14)18-17(20(22)23-4-2)21-19(24-18)16-8-6-5-7-9-16/h5-13H,3-4H2,1-2H3. The first kappa shape index (κ1) is 16.0. The van der Waals surface area contributed by atoms with Crippen molar-refractivity contribution in [3.63, 3.8) is 0 Å². The summed E-state index contributed by atoms with van der Waals surface area (Å²) in [6.07, 6.45) is 0.955. The van der Waals surface area contributed by atoms with Crippen LogP contribution in [0.5, 0.6) is 0 Å². The number of esters is 1. The van der Waals surface area contributed by atoms with Crippen molar-refractivity contribution < 1.29 is 13.9 Å². The Hall–Kier alpha value is -2.88. The Kier molecular flexibility index (Phi) is 4.75. The van der Waals surface area contributed by atoms with Gasteiger partial charge >= 0.3 is 5.97 Å². The van der Waals surface area contributed by atoms with Gasteiger partial charge in [-0.05, 0) is 31.0 Å². The van der Waals surface area contributed by atoms with Gasteiger partial charge in [0.05, 0.1) is 6.61 Å². The fourth-order valence-electron chi connectivity index (χ4n) is 2.45. The summed E-state index contributed by atoms with van der Waals surface area (Å²) in [7, 11) is 0. The summed E-state index contributed by atoms with van der Waals surface area (Å²) >= 11 is 0. The maximum Gasteiger partial charge on any atom is 0.361 e. The van der Waals surface area contributed by atoms with E-state index >= 15 is 0 Å². The Morgan fingerprint density at radius 2 is 1.71 bits per heavy atom. The molecule has 1 aromatic heterocycles. The minimum absolute atomic E-state index is 0.208. The molecular weight excluding hydrogens is 302 g/mol. The van der Waals surface area contributed by atoms with Gasteiger partial charge in [0.1, 0.15) is 0 Å². The molecule has 122 valence electrons. The van der Waals surface area contributed by atoms with E-state index in [-0.39, 0.29) is 5.69 Å². The SMILES string of the molecule is CCOC(=O)c1nc(-c2ccccc2)oc1-c1ccc(CC)cc1. The lowest BCUT2D eigenvalue weighted by molar-refractivity contribution is 0.0520. The number of oxazole rings is 1. The molecule has 0 saturated heterocycles. The quantitative estimate of drug-likeness (QED) is 0.636. The van der Waals surface area contributed by atoms with Crippen LogP contribution in [0.4, 0.5) is 0 Å². The third-order valence-corrected chi connectivity index (χ3v) is 3.74. The van der Waals surface area contributed by atoms with Crippen molar-refractivity contribution in [3.8, 4) is 22.8 Å². The highest BCUT2D eigenvalue weighted by Crippen LogP contribution is 2.30. The molecule has 2 aromatic carbocycles. The molecule has 0 fully saturated rings. The summed E-state index contributed by atoms with van der Waals surface area (Å²) in [5.41, 5.74) is 3.06. The molecule has 1 heterocycles.